The highest BCUT2D eigenvalue weighted by Crippen LogP contribution is 2.40. The number of carbonyl (C=O) groups excluding carboxylic acids is 2. The van der Waals surface area contributed by atoms with Gasteiger partial charge in [0.15, 0.2) is 17.3 Å². The molecule has 3 rings (SSSR count). The number of ketones is 1. The molecule has 0 bridgehead atoms. The molecule has 1 amide bonds. The monoisotopic (exact) mass is 481 g/mol. The first-order chi connectivity index (χ1) is 16.5. The van der Waals surface area contributed by atoms with E-state index in [0.29, 0.717) is 53.7 Å². The first kappa shape index (κ1) is 26.1. The molecule has 0 spiro atoms. The molecule has 0 saturated heterocycles. The summed E-state index contributed by atoms with van der Waals surface area (Å²) in [6, 6.07) is 7.03. The molecule has 2 aromatic carbocycles. The molecule has 0 radical (unpaired) electrons. The molecule has 35 heavy (non-hydrogen) atoms. The van der Waals surface area contributed by atoms with Gasteiger partial charge in [-0.25, -0.2) is 0 Å². The second kappa shape index (κ2) is 10.4. The zero-order chi connectivity index (χ0) is 25.9. The second-order valence-electron chi connectivity index (χ2n) is 9.38. The van der Waals surface area contributed by atoms with Crippen LogP contribution in [0.25, 0.3) is 0 Å². The SMILES string of the molecule is CCOc1cc2c(cc1C(=O)NC)C(=N)N(CC(=O)c1cc(OCC)c(OC)c(C(C)(C)C)c1)C2. The van der Waals surface area contributed by atoms with E-state index < -0.39 is 0 Å². The molecule has 1 aliphatic rings. The number of fused-ring (bicyclic) bond motifs is 1. The minimum Gasteiger partial charge on any atom is -0.493 e. The van der Waals surface area contributed by atoms with Crippen molar-refractivity contribution in [3.63, 3.8) is 0 Å². The molecule has 0 atom stereocenters. The molecular weight excluding hydrogens is 446 g/mol. The second-order valence-corrected chi connectivity index (χ2v) is 9.38. The fourth-order valence-electron chi connectivity index (χ4n) is 4.21. The number of hydrogen-bond donors (Lipinski definition) is 2. The van der Waals surface area contributed by atoms with Crippen LogP contribution in [-0.2, 0) is 12.0 Å². The standard InChI is InChI=1S/C27H35N3O5/c1-8-34-22-12-17-14-30(25(28)18(17)13-19(22)26(32)29-6)15-21(31)16-10-20(27(3,4)5)24(33-7)23(11-16)35-9-2/h10-13,28H,8-9,14-15H2,1-7H3,(H,29,32). The number of rotatable bonds is 9. The van der Waals surface area contributed by atoms with Gasteiger partial charge in [-0.15, -0.1) is 0 Å². The Bertz CT molecular complexity index is 1150. The molecule has 188 valence electrons. The van der Waals surface area contributed by atoms with Gasteiger partial charge >= 0.3 is 0 Å². The molecule has 8 heteroatoms. The number of ether oxygens (including phenoxy) is 3. The largest absolute Gasteiger partial charge is 0.493 e. The van der Waals surface area contributed by atoms with Crippen LogP contribution in [0.1, 0.15) is 72.0 Å². The number of amidine groups is 1. The van der Waals surface area contributed by atoms with Crippen LogP contribution in [0.2, 0.25) is 0 Å². The first-order valence-corrected chi connectivity index (χ1v) is 11.8. The minimum atomic E-state index is -0.282. The highest BCUT2D eigenvalue weighted by atomic mass is 16.5. The predicted molar refractivity (Wildman–Crippen MR) is 135 cm³/mol. The fraction of sp³-hybridized carbons (Fsp3) is 0.444. The number of carbonyl (C=O) groups is 2. The van der Waals surface area contributed by atoms with Crippen molar-refractivity contribution in [2.45, 2.75) is 46.6 Å². The summed E-state index contributed by atoms with van der Waals surface area (Å²) in [7, 11) is 3.15. The molecule has 2 aromatic rings. The lowest BCUT2D eigenvalue weighted by Crippen LogP contribution is -2.30. The number of methoxy groups -OCH3 is 1. The minimum absolute atomic E-state index is 0.0221. The zero-order valence-electron chi connectivity index (χ0n) is 21.6. The number of amides is 1. The molecule has 0 saturated carbocycles. The third kappa shape index (κ3) is 5.26. The molecule has 1 aliphatic heterocycles. The topological polar surface area (TPSA) is 101 Å². The third-order valence-corrected chi connectivity index (χ3v) is 5.93. The maximum Gasteiger partial charge on any atom is 0.254 e. The first-order valence-electron chi connectivity index (χ1n) is 11.8. The number of hydrogen-bond acceptors (Lipinski definition) is 6. The van der Waals surface area contributed by atoms with E-state index in [1.54, 1.807) is 37.3 Å². The molecule has 0 aliphatic carbocycles. The van der Waals surface area contributed by atoms with Crippen molar-refractivity contribution in [1.82, 2.24) is 10.2 Å². The van der Waals surface area contributed by atoms with Crippen molar-refractivity contribution >= 4 is 17.5 Å². The average molecular weight is 482 g/mol. The van der Waals surface area contributed by atoms with Crippen LogP contribution in [0, 0.1) is 5.41 Å². The Kier molecular flexibility index (Phi) is 7.73. The molecule has 8 nitrogen and oxygen atoms in total. The molecule has 0 fully saturated rings. The van der Waals surface area contributed by atoms with E-state index in [0.717, 1.165) is 11.1 Å². The van der Waals surface area contributed by atoms with Gasteiger partial charge in [0.25, 0.3) is 5.91 Å². The van der Waals surface area contributed by atoms with Crippen LogP contribution in [0.4, 0.5) is 0 Å². The summed E-state index contributed by atoms with van der Waals surface area (Å²) < 4.78 is 17.1. The summed E-state index contributed by atoms with van der Waals surface area (Å²) in [5, 5.41) is 11.3. The normalized spacial score (nSPS) is 12.9. The van der Waals surface area contributed by atoms with Crippen LogP contribution in [0.3, 0.4) is 0 Å². The molecular formula is C27H35N3O5. The van der Waals surface area contributed by atoms with E-state index >= 15 is 0 Å². The van der Waals surface area contributed by atoms with Gasteiger partial charge in [0.2, 0.25) is 0 Å². The van der Waals surface area contributed by atoms with Gasteiger partial charge in [0.1, 0.15) is 11.6 Å². The van der Waals surface area contributed by atoms with Crippen LogP contribution in [0.15, 0.2) is 24.3 Å². The molecule has 0 unspecified atom stereocenters. The number of benzene rings is 2. The van der Waals surface area contributed by atoms with Crippen LogP contribution >= 0.6 is 0 Å². The van der Waals surface area contributed by atoms with E-state index in [2.05, 4.69) is 26.1 Å². The van der Waals surface area contributed by atoms with Gasteiger partial charge in [0, 0.05) is 30.3 Å². The summed E-state index contributed by atoms with van der Waals surface area (Å²) in [4.78, 5) is 27.5. The van der Waals surface area contributed by atoms with Crippen molar-refractivity contribution in [3.05, 3.63) is 52.1 Å². The van der Waals surface area contributed by atoms with Gasteiger partial charge < -0.3 is 24.4 Å². The van der Waals surface area contributed by atoms with E-state index in [9.17, 15) is 9.59 Å². The summed E-state index contributed by atoms with van der Waals surface area (Å²) in [5.74, 6) is 1.42. The number of Topliss-reactive ketones (excluding diaryl/α,β-unsaturated/α-hetero) is 1. The summed E-state index contributed by atoms with van der Waals surface area (Å²) >= 11 is 0. The molecule has 1 heterocycles. The maximum absolute atomic E-state index is 13.4. The van der Waals surface area contributed by atoms with Gasteiger partial charge in [-0.3, -0.25) is 15.0 Å². The van der Waals surface area contributed by atoms with Crippen molar-refractivity contribution in [1.29, 1.82) is 5.41 Å². The highest BCUT2D eigenvalue weighted by Gasteiger charge is 2.30. The predicted octanol–water partition coefficient (Wildman–Crippen LogP) is 4.17. The Morgan fingerprint density at radius 2 is 1.71 bits per heavy atom. The number of nitrogens with one attached hydrogen (secondary N) is 2. The molecule has 2 N–H and O–H groups in total. The lowest BCUT2D eigenvalue weighted by atomic mass is 9.84. The summed E-state index contributed by atoms with van der Waals surface area (Å²) in [6.07, 6.45) is 0. The Morgan fingerprint density at radius 3 is 2.29 bits per heavy atom. The van der Waals surface area contributed by atoms with Crippen molar-refractivity contribution in [2.24, 2.45) is 0 Å². The van der Waals surface area contributed by atoms with Gasteiger partial charge in [-0.2, -0.15) is 0 Å². The lowest BCUT2D eigenvalue weighted by molar-refractivity contribution is 0.0952. The van der Waals surface area contributed by atoms with Crippen molar-refractivity contribution in [2.75, 3.05) is 33.9 Å². The van der Waals surface area contributed by atoms with Gasteiger partial charge in [-0.05, 0) is 49.1 Å². The van der Waals surface area contributed by atoms with E-state index in [1.165, 1.54) is 0 Å². The van der Waals surface area contributed by atoms with Gasteiger partial charge in [0.05, 0.1) is 32.4 Å². The zero-order valence-corrected chi connectivity index (χ0v) is 21.6. The Labute approximate surface area is 207 Å². The van der Waals surface area contributed by atoms with E-state index in [-0.39, 0.29) is 29.5 Å². The third-order valence-electron chi connectivity index (χ3n) is 5.93. The Morgan fingerprint density at radius 1 is 1.06 bits per heavy atom. The average Bonchev–Trinajstić information content (AvgIpc) is 3.11. The van der Waals surface area contributed by atoms with Crippen molar-refractivity contribution in [3.8, 4) is 17.2 Å². The van der Waals surface area contributed by atoms with Crippen LogP contribution in [0.5, 0.6) is 17.2 Å². The summed E-state index contributed by atoms with van der Waals surface area (Å²) in [5.41, 5.74) is 2.96. The van der Waals surface area contributed by atoms with Crippen LogP contribution < -0.4 is 19.5 Å². The van der Waals surface area contributed by atoms with E-state index in [4.69, 9.17) is 19.6 Å². The lowest BCUT2D eigenvalue weighted by Gasteiger charge is -2.25. The smallest absolute Gasteiger partial charge is 0.254 e. The Balaban J connectivity index is 1.93. The highest BCUT2D eigenvalue weighted by molar-refractivity contribution is 6.07. The van der Waals surface area contributed by atoms with Crippen LogP contribution in [-0.4, -0.2) is 56.3 Å². The molecule has 0 aromatic heterocycles. The fourth-order valence-corrected chi connectivity index (χ4v) is 4.21. The quantitative estimate of drug-likeness (QED) is 0.521. The van der Waals surface area contributed by atoms with Gasteiger partial charge in [-0.1, -0.05) is 20.8 Å². The number of nitrogens with zero attached hydrogens (tertiary/aromatic N) is 1. The van der Waals surface area contributed by atoms with E-state index in [1.807, 2.05) is 19.9 Å². The Hall–Kier alpha value is -3.55. The summed E-state index contributed by atoms with van der Waals surface area (Å²) in [6.45, 7) is 11.2. The maximum atomic E-state index is 13.4. The van der Waals surface area contributed by atoms with Crippen molar-refractivity contribution < 1.29 is 23.8 Å².